The molecule has 8 heteroatoms. The van der Waals surface area contributed by atoms with Gasteiger partial charge in [-0.1, -0.05) is 18.5 Å². The predicted molar refractivity (Wildman–Crippen MR) is 85.9 cm³/mol. The molecule has 0 radical (unpaired) electrons. The number of primary amides is 1. The number of carbonyl (C=O) groups excluding carboxylic acids is 1. The fourth-order valence-electron chi connectivity index (χ4n) is 2.84. The van der Waals surface area contributed by atoms with Crippen LogP contribution in [0.5, 0.6) is 0 Å². The van der Waals surface area contributed by atoms with Gasteiger partial charge in [0.05, 0.1) is 16.7 Å². The first-order valence-corrected chi connectivity index (χ1v) is 8.86. The maximum absolute atomic E-state index is 11.1. The standard InChI is InChI=1S/C15H21N5O2S/c1-2-3-6-12-17-10(9-23-12)8-20-7-4-5-11(20)15-18-14(13(16)21)19-22-15/h9,11H,2-8H2,1H3,(H2,16,21)/t11-/m0/s1. The van der Waals surface area contributed by atoms with E-state index in [1.165, 1.54) is 17.8 Å². The van der Waals surface area contributed by atoms with Gasteiger partial charge in [0, 0.05) is 11.9 Å². The summed E-state index contributed by atoms with van der Waals surface area (Å²) in [6, 6.07) is 0.0383. The van der Waals surface area contributed by atoms with Crippen LogP contribution in [-0.2, 0) is 13.0 Å². The number of rotatable bonds is 7. The van der Waals surface area contributed by atoms with Gasteiger partial charge in [-0.25, -0.2) is 4.98 Å². The van der Waals surface area contributed by atoms with Crippen LogP contribution in [0.1, 0.15) is 65.9 Å². The lowest BCUT2D eigenvalue weighted by molar-refractivity contribution is 0.0987. The molecule has 1 saturated heterocycles. The second-order valence-corrected chi connectivity index (χ2v) is 6.73. The highest BCUT2D eigenvalue weighted by Gasteiger charge is 2.31. The molecule has 3 rings (SSSR count). The summed E-state index contributed by atoms with van der Waals surface area (Å²) in [6.07, 6.45) is 5.41. The van der Waals surface area contributed by atoms with Crippen molar-refractivity contribution in [2.45, 2.75) is 51.6 Å². The van der Waals surface area contributed by atoms with E-state index in [2.05, 4.69) is 27.3 Å². The summed E-state index contributed by atoms with van der Waals surface area (Å²) in [5, 5.41) is 6.97. The Labute approximate surface area is 138 Å². The molecule has 2 aromatic rings. The topological polar surface area (TPSA) is 98.1 Å². The van der Waals surface area contributed by atoms with E-state index in [1.807, 2.05) is 0 Å². The zero-order valence-electron chi connectivity index (χ0n) is 13.2. The maximum atomic E-state index is 11.1. The summed E-state index contributed by atoms with van der Waals surface area (Å²) in [5.74, 6) is -0.246. The third kappa shape index (κ3) is 3.76. The number of aromatic nitrogens is 3. The van der Waals surface area contributed by atoms with E-state index in [0.29, 0.717) is 5.89 Å². The van der Waals surface area contributed by atoms with Gasteiger partial charge in [-0.05, 0) is 32.2 Å². The first-order valence-electron chi connectivity index (χ1n) is 7.98. The van der Waals surface area contributed by atoms with E-state index in [1.54, 1.807) is 11.3 Å². The number of aryl methyl sites for hydroxylation is 1. The SMILES string of the molecule is CCCCc1nc(CN2CCC[C@H]2c2nc(C(N)=O)no2)cs1. The first-order chi connectivity index (χ1) is 11.2. The number of unbranched alkanes of at least 4 members (excludes halogenated alkanes) is 1. The minimum absolute atomic E-state index is 0.0383. The van der Waals surface area contributed by atoms with Crippen LogP contribution >= 0.6 is 11.3 Å². The van der Waals surface area contributed by atoms with Crippen LogP contribution in [0.25, 0.3) is 0 Å². The Morgan fingerprint density at radius 2 is 2.39 bits per heavy atom. The van der Waals surface area contributed by atoms with E-state index < -0.39 is 5.91 Å². The molecule has 0 saturated carbocycles. The molecule has 0 bridgehead atoms. The van der Waals surface area contributed by atoms with Crippen molar-refractivity contribution in [1.29, 1.82) is 0 Å². The van der Waals surface area contributed by atoms with E-state index in [-0.39, 0.29) is 11.9 Å². The van der Waals surface area contributed by atoms with Gasteiger partial charge in [0.2, 0.25) is 5.89 Å². The second kappa shape index (κ2) is 7.18. The van der Waals surface area contributed by atoms with Crippen LogP contribution in [0.3, 0.4) is 0 Å². The van der Waals surface area contributed by atoms with E-state index >= 15 is 0 Å². The number of thiazole rings is 1. The summed E-state index contributed by atoms with van der Waals surface area (Å²) in [6.45, 7) is 3.91. The molecule has 124 valence electrons. The lowest BCUT2D eigenvalue weighted by Crippen LogP contribution is -2.23. The van der Waals surface area contributed by atoms with Crippen LogP contribution in [0.15, 0.2) is 9.90 Å². The van der Waals surface area contributed by atoms with Crippen molar-refractivity contribution in [2.24, 2.45) is 5.73 Å². The van der Waals surface area contributed by atoms with Crippen molar-refractivity contribution in [1.82, 2.24) is 20.0 Å². The molecule has 0 aliphatic carbocycles. The van der Waals surface area contributed by atoms with Crippen molar-refractivity contribution in [3.05, 3.63) is 27.8 Å². The van der Waals surface area contributed by atoms with Crippen LogP contribution in [0.4, 0.5) is 0 Å². The van der Waals surface area contributed by atoms with Crippen molar-refractivity contribution in [3.8, 4) is 0 Å². The lowest BCUT2D eigenvalue weighted by atomic mass is 10.2. The molecule has 0 unspecified atom stereocenters. The Bertz CT molecular complexity index is 668. The molecule has 2 aromatic heterocycles. The molecule has 23 heavy (non-hydrogen) atoms. The van der Waals surface area contributed by atoms with Crippen molar-refractivity contribution < 1.29 is 9.32 Å². The molecule has 1 aliphatic rings. The van der Waals surface area contributed by atoms with Crippen LogP contribution in [0, 0.1) is 0 Å². The largest absolute Gasteiger partial charge is 0.363 e. The molecule has 3 heterocycles. The van der Waals surface area contributed by atoms with Crippen LogP contribution in [0.2, 0.25) is 0 Å². The Morgan fingerprint density at radius 1 is 1.52 bits per heavy atom. The molecule has 7 nitrogen and oxygen atoms in total. The minimum atomic E-state index is -0.662. The summed E-state index contributed by atoms with van der Waals surface area (Å²) < 4.78 is 5.21. The van der Waals surface area contributed by atoms with Gasteiger partial charge in [-0.3, -0.25) is 9.69 Å². The Balaban J connectivity index is 1.66. The summed E-state index contributed by atoms with van der Waals surface area (Å²) in [7, 11) is 0. The molecule has 0 spiro atoms. The van der Waals surface area contributed by atoms with Gasteiger partial charge in [0.15, 0.2) is 0 Å². The molecular weight excluding hydrogens is 314 g/mol. The zero-order chi connectivity index (χ0) is 16.2. The summed E-state index contributed by atoms with van der Waals surface area (Å²) >= 11 is 1.73. The smallest absolute Gasteiger partial charge is 0.290 e. The Kier molecular flexibility index (Phi) is 5.02. The van der Waals surface area contributed by atoms with E-state index in [9.17, 15) is 4.79 Å². The number of hydrogen-bond donors (Lipinski definition) is 1. The van der Waals surface area contributed by atoms with E-state index in [4.69, 9.17) is 15.2 Å². The average molecular weight is 335 g/mol. The second-order valence-electron chi connectivity index (χ2n) is 5.79. The lowest BCUT2D eigenvalue weighted by Gasteiger charge is -2.20. The van der Waals surface area contributed by atoms with Gasteiger partial charge in [-0.2, -0.15) is 4.98 Å². The molecule has 2 N–H and O–H groups in total. The number of nitrogens with two attached hydrogens (primary N) is 1. The number of nitrogens with zero attached hydrogens (tertiary/aromatic N) is 4. The fourth-order valence-corrected chi connectivity index (χ4v) is 3.67. The van der Waals surface area contributed by atoms with Crippen molar-refractivity contribution in [3.63, 3.8) is 0 Å². The maximum Gasteiger partial charge on any atom is 0.290 e. The van der Waals surface area contributed by atoms with E-state index in [0.717, 1.165) is 38.0 Å². The van der Waals surface area contributed by atoms with Crippen molar-refractivity contribution in [2.75, 3.05) is 6.54 Å². The summed E-state index contributed by atoms with van der Waals surface area (Å²) in [4.78, 5) is 22.2. The van der Waals surface area contributed by atoms with Gasteiger partial charge >= 0.3 is 0 Å². The third-order valence-electron chi connectivity index (χ3n) is 4.02. The predicted octanol–water partition coefficient (Wildman–Crippen LogP) is 2.30. The molecule has 1 aliphatic heterocycles. The zero-order valence-corrected chi connectivity index (χ0v) is 14.0. The highest BCUT2D eigenvalue weighted by Crippen LogP contribution is 2.32. The summed E-state index contributed by atoms with van der Waals surface area (Å²) in [5.41, 5.74) is 6.27. The highest BCUT2D eigenvalue weighted by atomic mass is 32.1. The first kappa shape index (κ1) is 16.1. The highest BCUT2D eigenvalue weighted by molar-refractivity contribution is 7.09. The fraction of sp³-hybridized carbons (Fsp3) is 0.600. The van der Waals surface area contributed by atoms with Gasteiger partial charge < -0.3 is 10.3 Å². The number of carbonyl (C=O) groups is 1. The number of amides is 1. The molecular formula is C15H21N5O2S. The minimum Gasteiger partial charge on any atom is -0.363 e. The van der Waals surface area contributed by atoms with Crippen molar-refractivity contribution >= 4 is 17.2 Å². The molecule has 1 fully saturated rings. The monoisotopic (exact) mass is 335 g/mol. The third-order valence-corrected chi connectivity index (χ3v) is 4.98. The van der Waals surface area contributed by atoms with Crippen LogP contribution in [-0.4, -0.2) is 32.5 Å². The average Bonchev–Trinajstić information content (AvgIpc) is 3.25. The molecule has 1 atom stereocenters. The van der Waals surface area contributed by atoms with Gasteiger partial charge in [0.25, 0.3) is 11.7 Å². The van der Waals surface area contributed by atoms with Crippen LogP contribution < -0.4 is 5.73 Å². The quantitative estimate of drug-likeness (QED) is 0.833. The molecule has 1 amide bonds. The Hall–Kier alpha value is -1.80. The Morgan fingerprint density at radius 3 is 3.13 bits per heavy atom. The number of hydrogen-bond acceptors (Lipinski definition) is 7. The van der Waals surface area contributed by atoms with Gasteiger partial charge in [-0.15, -0.1) is 11.3 Å². The molecule has 0 aromatic carbocycles. The number of likely N-dealkylation sites (tertiary alicyclic amines) is 1. The van der Waals surface area contributed by atoms with Gasteiger partial charge in [0.1, 0.15) is 0 Å². The normalized spacial score (nSPS) is 18.6.